The second-order valence-electron chi connectivity index (χ2n) is 6.56. The highest BCUT2D eigenvalue weighted by Gasteiger charge is 2.34. The minimum atomic E-state index is 0. The van der Waals surface area contributed by atoms with Gasteiger partial charge in [0.15, 0.2) is 0 Å². The van der Waals surface area contributed by atoms with E-state index in [1.165, 1.54) is 24.0 Å². The lowest BCUT2D eigenvalue weighted by atomic mass is 9.88. The number of aryl methyl sites for hydroxylation is 2. The van der Waals surface area contributed by atoms with Crippen molar-refractivity contribution >= 4 is 18.3 Å². The van der Waals surface area contributed by atoms with Crippen LogP contribution in [-0.4, -0.2) is 37.0 Å². The van der Waals surface area contributed by atoms with Crippen LogP contribution in [0.1, 0.15) is 34.3 Å². The summed E-state index contributed by atoms with van der Waals surface area (Å²) in [5.74, 6) is 1.70. The number of carbonyl (C=O) groups is 1. The maximum atomic E-state index is 12.7. The van der Waals surface area contributed by atoms with Gasteiger partial charge in [-0.2, -0.15) is 0 Å². The van der Waals surface area contributed by atoms with Crippen molar-refractivity contribution in [3.05, 3.63) is 34.9 Å². The third kappa shape index (κ3) is 2.69. The number of amides is 1. The smallest absolute Gasteiger partial charge is 0.253 e. The van der Waals surface area contributed by atoms with E-state index >= 15 is 0 Å². The molecule has 2 atom stereocenters. The zero-order chi connectivity index (χ0) is 13.5. The van der Waals surface area contributed by atoms with Gasteiger partial charge in [0, 0.05) is 18.7 Å². The molecule has 4 heteroatoms. The molecule has 2 unspecified atom stereocenters. The number of carbonyl (C=O) groups excluding carboxylic acids is 1. The van der Waals surface area contributed by atoms with E-state index < -0.39 is 0 Å². The molecule has 0 aromatic heterocycles. The van der Waals surface area contributed by atoms with E-state index in [1.54, 1.807) is 0 Å². The maximum Gasteiger partial charge on any atom is 0.253 e. The van der Waals surface area contributed by atoms with Crippen LogP contribution in [0.15, 0.2) is 18.2 Å². The summed E-state index contributed by atoms with van der Waals surface area (Å²) >= 11 is 0. The van der Waals surface area contributed by atoms with Crippen molar-refractivity contribution in [2.24, 2.45) is 11.8 Å². The van der Waals surface area contributed by atoms with Crippen LogP contribution in [0.4, 0.5) is 0 Å². The molecular formula is C17H23ClN2O. The van der Waals surface area contributed by atoms with Gasteiger partial charge in [-0.1, -0.05) is 6.07 Å². The van der Waals surface area contributed by atoms with Crippen LogP contribution in [0.5, 0.6) is 0 Å². The average molecular weight is 307 g/mol. The minimum Gasteiger partial charge on any atom is -0.338 e. The Balaban J connectivity index is 0.00000132. The van der Waals surface area contributed by atoms with Gasteiger partial charge in [-0.3, -0.25) is 4.79 Å². The Kier molecular flexibility index (Phi) is 4.23. The van der Waals surface area contributed by atoms with Gasteiger partial charge in [-0.05, 0) is 73.9 Å². The summed E-state index contributed by atoms with van der Waals surface area (Å²) in [5.41, 5.74) is 3.74. The second kappa shape index (κ2) is 5.98. The number of nitrogens with zero attached hydrogens (tertiary/aromatic N) is 1. The fraction of sp³-hybridized carbons (Fsp3) is 0.588. The molecule has 1 aromatic rings. The van der Waals surface area contributed by atoms with E-state index in [0.29, 0.717) is 5.92 Å². The van der Waals surface area contributed by atoms with E-state index in [9.17, 15) is 4.79 Å². The quantitative estimate of drug-likeness (QED) is 0.863. The third-order valence-electron chi connectivity index (χ3n) is 5.34. The Morgan fingerprint density at radius 2 is 1.95 bits per heavy atom. The fourth-order valence-electron chi connectivity index (χ4n) is 4.11. The molecule has 1 amide bonds. The van der Waals surface area contributed by atoms with Crippen LogP contribution in [0.2, 0.25) is 0 Å². The zero-order valence-corrected chi connectivity index (χ0v) is 13.1. The highest BCUT2D eigenvalue weighted by atomic mass is 35.5. The lowest BCUT2D eigenvalue weighted by molar-refractivity contribution is 0.0642. The van der Waals surface area contributed by atoms with Crippen molar-refractivity contribution in [2.75, 3.05) is 26.2 Å². The summed E-state index contributed by atoms with van der Waals surface area (Å²) in [4.78, 5) is 14.8. The molecule has 1 aliphatic carbocycles. The molecule has 3 aliphatic rings. The largest absolute Gasteiger partial charge is 0.338 e. The van der Waals surface area contributed by atoms with Gasteiger partial charge in [0.25, 0.3) is 5.91 Å². The van der Waals surface area contributed by atoms with Gasteiger partial charge in [-0.15, -0.1) is 12.4 Å². The summed E-state index contributed by atoms with van der Waals surface area (Å²) < 4.78 is 0. The monoisotopic (exact) mass is 306 g/mol. The molecule has 3 nitrogen and oxygen atoms in total. The summed E-state index contributed by atoms with van der Waals surface area (Å²) in [6.07, 6.45) is 4.73. The minimum absolute atomic E-state index is 0. The Morgan fingerprint density at radius 1 is 1.14 bits per heavy atom. The number of likely N-dealkylation sites (tertiary alicyclic amines) is 1. The van der Waals surface area contributed by atoms with Crippen LogP contribution in [0.25, 0.3) is 0 Å². The van der Waals surface area contributed by atoms with Gasteiger partial charge in [-0.25, -0.2) is 0 Å². The molecular weight excluding hydrogens is 284 g/mol. The van der Waals surface area contributed by atoms with E-state index in [4.69, 9.17) is 0 Å². The molecule has 2 saturated heterocycles. The third-order valence-corrected chi connectivity index (χ3v) is 5.34. The van der Waals surface area contributed by atoms with Crippen molar-refractivity contribution in [1.82, 2.24) is 10.2 Å². The van der Waals surface area contributed by atoms with Crippen molar-refractivity contribution in [3.63, 3.8) is 0 Å². The summed E-state index contributed by atoms with van der Waals surface area (Å²) in [6.45, 7) is 4.09. The predicted octanol–water partition coefficient (Wildman–Crippen LogP) is 2.28. The Bertz CT molecular complexity index is 546. The van der Waals surface area contributed by atoms with Crippen LogP contribution in [0, 0.1) is 11.8 Å². The topological polar surface area (TPSA) is 32.3 Å². The molecule has 0 radical (unpaired) electrons. The van der Waals surface area contributed by atoms with Crippen molar-refractivity contribution < 1.29 is 4.79 Å². The van der Waals surface area contributed by atoms with E-state index in [2.05, 4.69) is 22.3 Å². The lowest BCUT2D eigenvalue weighted by Gasteiger charge is -2.34. The molecule has 2 heterocycles. The number of hydrogen-bond acceptors (Lipinski definition) is 2. The van der Waals surface area contributed by atoms with Crippen LogP contribution in [0.3, 0.4) is 0 Å². The summed E-state index contributed by atoms with van der Waals surface area (Å²) in [5, 5.41) is 3.46. The van der Waals surface area contributed by atoms with Gasteiger partial charge >= 0.3 is 0 Å². The fourth-order valence-corrected chi connectivity index (χ4v) is 4.11. The number of piperidine rings is 1. The standard InChI is InChI=1S/C17H22N2O.ClH/c20-17(14-5-4-12-2-1-3-13(12)8-14)19-7-6-15-9-18-10-16(15)11-19;/h4-5,8,15-16,18H,1-3,6-7,9-11H2;1H. The van der Waals surface area contributed by atoms with Gasteiger partial charge in [0.1, 0.15) is 0 Å². The molecule has 0 bridgehead atoms. The van der Waals surface area contributed by atoms with E-state index in [1.807, 2.05) is 6.07 Å². The molecule has 1 aromatic carbocycles. The SMILES string of the molecule is Cl.O=C(c1ccc2c(c1)CCC2)N1CCC2CNCC2C1. The van der Waals surface area contributed by atoms with Crippen LogP contribution >= 0.6 is 12.4 Å². The molecule has 21 heavy (non-hydrogen) atoms. The maximum absolute atomic E-state index is 12.7. The molecule has 0 saturated carbocycles. The molecule has 2 fully saturated rings. The Hall–Kier alpha value is -1.06. The summed E-state index contributed by atoms with van der Waals surface area (Å²) in [7, 11) is 0. The van der Waals surface area contributed by atoms with Crippen molar-refractivity contribution in [3.8, 4) is 0 Å². The number of nitrogens with one attached hydrogen (secondary N) is 1. The highest BCUT2D eigenvalue weighted by Crippen LogP contribution is 2.28. The summed E-state index contributed by atoms with van der Waals surface area (Å²) in [6, 6.07) is 6.34. The van der Waals surface area contributed by atoms with Gasteiger partial charge < -0.3 is 10.2 Å². The lowest BCUT2D eigenvalue weighted by Crippen LogP contribution is -2.43. The first kappa shape index (κ1) is 14.9. The van der Waals surface area contributed by atoms with Crippen molar-refractivity contribution in [1.29, 1.82) is 0 Å². The van der Waals surface area contributed by atoms with Crippen LogP contribution in [-0.2, 0) is 12.8 Å². The van der Waals surface area contributed by atoms with E-state index in [0.717, 1.165) is 50.5 Å². The molecule has 1 N–H and O–H groups in total. The molecule has 4 rings (SSSR count). The normalized spacial score (nSPS) is 27.0. The Morgan fingerprint density at radius 3 is 2.86 bits per heavy atom. The zero-order valence-electron chi connectivity index (χ0n) is 12.3. The first-order valence-electron chi connectivity index (χ1n) is 7.93. The number of benzene rings is 1. The van der Waals surface area contributed by atoms with Gasteiger partial charge in [0.2, 0.25) is 0 Å². The number of hydrogen-bond donors (Lipinski definition) is 1. The first-order valence-corrected chi connectivity index (χ1v) is 7.93. The number of rotatable bonds is 1. The van der Waals surface area contributed by atoms with Crippen molar-refractivity contribution in [2.45, 2.75) is 25.7 Å². The Labute approximate surface area is 132 Å². The van der Waals surface area contributed by atoms with Gasteiger partial charge in [0.05, 0.1) is 0 Å². The molecule has 0 spiro atoms. The van der Waals surface area contributed by atoms with E-state index in [-0.39, 0.29) is 18.3 Å². The first-order chi connectivity index (χ1) is 9.81. The molecule has 114 valence electrons. The number of fused-ring (bicyclic) bond motifs is 2. The number of halogens is 1. The average Bonchev–Trinajstić information content (AvgIpc) is 3.13. The predicted molar refractivity (Wildman–Crippen MR) is 86.1 cm³/mol. The second-order valence-corrected chi connectivity index (χ2v) is 6.56. The van der Waals surface area contributed by atoms with Crippen LogP contribution < -0.4 is 5.32 Å². The highest BCUT2D eigenvalue weighted by molar-refractivity contribution is 5.94. The molecule has 2 aliphatic heterocycles.